The van der Waals surface area contributed by atoms with Crippen LogP contribution in [0.25, 0.3) is 11.3 Å². The number of nitrogens with zero attached hydrogens (tertiary/aromatic N) is 1. The molecule has 0 bridgehead atoms. The van der Waals surface area contributed by atoms with Crippen LogP contribution < -0.4 is 0 Å². The molecular formula is C26H37NO2S. The molecule has 0 atom stereocenters. The van der Waals surface area contributed by atoms with Gasteiger partial charge in [-0.05, 0) is 60.6 Å². The fourth-order valence-corrected chi connectivity index (χ4v) is 5.39. The largest absolute Gasteiger partial charge is 0.481 e. The normalized spacial score (nSPS) is 20.4. The van der Waals surface area contributed by atoms with Gasteiger partial charge in [-0.15, -0.1) is 11.3 Å². The van der Waals surface area contributed by atoms with E-state index in [0.29, 0.717) is 5.41 Å². The van der Waals surface area contributed by atoms with Gasteiger partial charge in [0.1, 0.15) is 0 Å². The fraction of sp³-hybridized carbons (Fsp3) is 0.615. The molecule has 1 aromatic carbocycles. The minimum absolute atomic E-state index is 0.0394. The van der Waals surface area contributed by atoms with Crippen molar-refractivity contribution in [2.75, 3.05) is 0 Å². The zero-order valence-electron chi connectivity index (χ0n) is 19.3. The van der Waals surface area contributed by atoms with Crippen molar-refractivity contribution < 1.29 is 9.90 Å². The first-order valence-electron chi connectivity index (χ1n) is 11.4. The highest BCUT2D eigenvalue weighted by Gasteiger charge is 2.37. The van der Waals surface area contributed by atoms with Crippen LogP contribution in [0.2, 0.25) is 0 Å². The summed E-state index contributed by atoms with van der Waals surface area (Å²) in [5.41, 5.74) is 5.97. The summed E-state index contributed by atoms with van der Waals surface area (Å²) in [5.74, 6) is -0.635. The molecule has 1 saturated carbocycles. The average molecular weight is 428 g/mol. The summed E-state index contributed by atoms with van der Waals surface area (Å²) in [6.45, 7) is 11.6. The maximum Gasteiger partial charge on any atom is 0.306 e. The highest BCUT2D eigenvalue weighted by Crippen LogP contribution is 2.46. The molecule has 1 aromatic heterocycles. The van der Waals surface area contributed by atoms with Gasteiger partial charge in [0.2, 0.25) is 0 Å². The Hall–Kier alpha value is -1.68. The number of aryl methyl sites for hydroxylation is 1. The fourth-order valence-electron chi connectivity index (χ4n) is 4.77. The monoisotopic (exact) mass is 427 g/mol. The van der Waals surface area contributed by atoms with Crippen molar-refractivity contribution in [3.63, 3.8) is 0 Å². The van der Waals surface area contributed by atoms with Gasteiger partial charge < -0.3 is 5.11 Å². The van der Waals surface area contributed by atoms with E-state index in [1.807, 2.05) is 0 Å². The quantitative estimate of drug-likeness (QED) is 0.504. The molecule has 2 aliphatic rings. The second kappa shape index (κ2) is 9.21. The zero-order chi connectivity index (χ0) is 21.9. The van der Waals surface area contributed by atoms with E-state index in [4.69, 9.17) is 5.11 Å². The smallest absolute Gasteiger partial charge is 0.306 e. The van der Waals surface area contributed by atoms with Gasteiger partial charge in [-0.3, -0.25) is 4.79 Å². The number of carbonyl (C=O) groups is 1. The standard InChI is InChI=1S/C18H23NS.C8H14O2/c1-12-19-16(11-20-12)13-6-7-14-15(10-13)18(4,5)9-8-17(14,2)3;9-8(10)7-5-3-1-2-4-6-7/h6-7,10-11H,8-9H2,1-5H3;7H,1-6H2,(H,9,10). The number of carboxylic acids is 1. The van der Waals surface area contributed by atoms with E-state index in [1.54, 1.807) is 11.3 Å². The van der Waals surface area contributed by atoms with Gasteiger partial charge >= 0.3 is 5.97 Å². The molecular weight excluding hydrogens is 390 g/mol. The third kappa shape index (κ3) is 5.32. The van der Waals surface area contributed by atoms with Crippen LogP contribution in [0.4, 0.5) is 0 Å². The van der Waals surface area contributed by atoms with Crippen LogP contribution in [-0.2, 0) is 15.6 Å². The average Bonchev–Trinajstić information content (AvgIpc) is 2.95. The third-order valence-corrected chi connectivity index (χ3v) is 7.75. The van der Waals surface area contributed by atoms with E-state index < -0.39 is 5.97 Å². The molecule has 0 saturated heterocycles. The predicted molar refractivity (Wildman–Crippen MR) is 126 cm³/mol. The highest BCUT2D eigenvalue weighted by atomic mass is 32.1. The van der Waals surface area contributed by atoms with Crippen LogP contribution in [0.1, 0.15) is 95.2 Å². The molecule has 1 fully saturated rings. The van der Waals surface area contributed by atoms with E-state index >= 15 is 0 Å². The topological polar surface area (TPSA) is 50.2 Å². The molecule has 30 heavy (non-hydrogen) atoms. The van der Waals surface area contributed by atoms with Crippen molar-refractivity contribution >= 4 is 17.3 Å². The molecule has 0 amide bonds. The number of hydrogen-bond acceptors (Lipinski definition) is 3. The van der Waals surface area contributed by atoms with E-state index in [1.165, 1.54) is 42.4 Å². The molecule has 0 spiro atoms. The number of carboxylic acid groups (broad SMARTS) is 1. The van der Waals surface area contributed by atoms with Crippen molar-refractivity contribution in [1.82, 2.24) is 4.98 Å². The number of hydrogen-bond donors (Lipinski definition) is 1. The van der Waals surface area contributed by atoms with Crippen LogP contribution in [0.15, 0.2) is 23.6 Å². The summed E-state index contributed by atoms with van der Waals surface area (Å²) in [6, 6.07) is 6.96. The van der Waals surface area contributed by atoms with Gasteiger partial charge in [0.15, 0.2) is 0 Å². The summed E-state index contributed by atoms with van der Waals surface area (Å²) in [5, 5.41) is 12.0. The van der Waals surface area contributed by atoms with Crippen molar-refractivity contribution in [3.05, 3.63) is 39.7 Å². The zero-order valence-corrected chi connectivity index (χ0v) is 20.1. The first-order chi connectivity index (χ1) is 14.1. The molecule has 4 rings (SSSR count). The lowest BCUT2D eigenvalue weighted by atomic mass is 9.63. The molecule has 3 nitrogen and oxygen atoms in total. The summed E-state index contributed by atoms with van der Waals surface area (Å²) in [7, 11) is 0. The van der Waals surface area contributed by atoms with Gasteiger partial charge in [0.05, 0.1) is 16.6 Å². The molecule has 0 aliphatic heterocycles. The third-order valence-electron chi connectivity index (χ3n) is 6.97. The number of aliphatic carboxylic acids is 1. The first-order valence-corrected chi connectivity index (χ1v) is 12.3. The predicted octanol–water partition coefficient (Wildman–Crippen LogP) is 7.51. The molecule has 1 N–H and O–H groups in total. The molecule has 1 heterocycles. The van der Waals surface area contributed by atoms with E-state index in [-0.39, 0.29) is 11.3 Å². The number of fused-ring (bicyclic) bond motifs is 1. The van der Waals surface area contributed by atoms with Crippen LogP contribution in [0.3, 0.4) is 0 Å². The molecule has 2 aromatic rings. The number of benzene rings is 1. The molecule has 0 unspecified atom stereocenters. The lowest BCUT2D eigenvalue weighted by Gasteiger charge is -2.42. The highest BCUT2D eigenvalue weighted by molar-refractivity contribution is 7.09. The Morgan fingerprint density at radius 1 is 1.00 bits per heavy atom. The van der Waals surface area contributed by atoms with Gasteiger partial charge in [0.25, 0.3) is 0 Å². The molecule has 2 aliphatic carbocycles. The molecule has 164 valence electrons. The van der Waals surface area contributed by atoms with E-state index in [0.717, 1.165) is 36.4 Å². The number of rotatable bonds is 2. The maximum atomic E-state index is 10.5. The minimum atomic E-state index is -0.595. The second-order valence-corrected chi connectivity index (χ2v) is 11.4. The van der Waals surface area contributed by atoms with Crippen molar-refractivity contribution in [2.24, 2.45) is 5.92 Å². The first kappa shape index (κ1) is 23.0. The summed E-state index contributed by atoms with van der Waals surface area (Å²) in [6.07, 6.45) is 8.99. The van der Waals surface area contributed by atoms with Crippen LogP contribution in [-0.4, -0.2) is 16.1 Å². The second-order valence-electron chi connectivity index (χ2n) is 10.3. The summed E-state index contributed by atoms with van der Waals surface area (Å²) >= 11 is 1.73. The number of thiazole rings is 1. The van der Waals surface area contributed by atoms with Crippen LogP contribution in [0.5, 0.6) is 0 Å². The van der Waals surface area contributed by atoms with Gasteiger partial charge in [0, 0.05) is 10.9 Å². The Labute approximate surface area is 186 Å². The van der Waals surface area contributed by atoms with Gasteiger partial charge in [-0.2, -0.15) is 0 Å². The van der Waals surface area contributed by atoms with E-state index in [9.17, 15) is 4.79 Å². The lowest BCUT2D eigenvalue weighted by molar-refractivity contribution is -0.142. The molecule has 0 radical (unpaired) electrons. The summed E-state index contributed by atoms with van der Waals surface area (Å²) in [4.78, 5) is 15.1. The van der Waals surface area contributed by atoms with Crippen molar-refractivity contribution in [2.45, 2.75) is 96.8 Å². The maximum absolute atomic E-state index is 10.5. The summed E-state index contributed by atoms with van der Waals surface area (Å²) < 4.78 is 0. The Bertz CT molecular complexity index is 873. The van der Waals surface area contributed by atoms with Crippen LogP contribution in [0, 0.1) is 12.8 Å². The van der Waals surface area contributed by atoms with E-state index in [2.05, 4.69) is 63.2 Å². The Balaban J connectivity index is 0.000000216. The SMILES string of the molecule is Cc1nc(-c2ccc3c(c2)C(C)(C)CCC3(C)C)cs1.O=C(O)C1CCCCCC1. The van der Waals surface area contributed by atoms with Gasteiger partial charge in [-0.1, -0.05) is 65.5 Å². The molecule has 4 heteroatoms. The Kier molecular flexibility index (Phi) is 7.06. The Morgan fingerprint density at radius 2 is 1.60 bits per heavy atom. The van der Waals surface area contributed by atoms with Crippen LogP contribution >= 0.6 is 11.3 Å². The van der Waals surface area contributed by atoms with Crippen molar-refractivity contribution in [1.29, 1.82) is 0 Å². The minimum Gasteiger partial charge on any atom is -0.481 e. The van der Waals surface area contributed by atoms with Crippen molar-refractivity contribution in [3.8, 4) is 11.3 Å². The lowest BCUT2D eigenvalue weighted by Crippen LogP contribution is -2.33. The van der Waals surface area contributed by atoms with Gasteiger partial charge in [-0.25, -0.2) is 4.98 Å². The number of aromatic nitrogens is 1. The Morgan fingerprint density at radius 3 is 2.13 bits per heavy atom.